The van der Waals surface area contributed by atoms with Crippen molar-refractivity contribution in [1.82, 2.24) is 87.6 Å². The molecule has 10 aromatic rings. The second-order valence-corrected chi connectivity index (χ2v) is 25.7. The highest BCUT2D eigenvalue weighted by Gasteiger charge is 2.61. The van der Waals surface area contributed by atoms with E-state index in [1.807, 2.05) is 35.5 Å². The van der Waals surface area contributed by atoms with Gasteiger partial charge in [-0.3, -0.25) is 47.6 Å². The zero-order valence-electron chi connectivity index (χ0n) is 70.0. The minimum atomic E-state index is -3.13. The molecular weight excluding hydrogens is 1640 g/mol. The number of hydrogen-bond acceptors (Lipinski definition) is 38. The number of nitrogens with zero attached hydrogens (tertiary/aromatic N) is 14. The molecule has 53 heteroatoms. The number of imidazole rings is 3. The van der Waals surface area contributed by atoms with Crippen molar-refractivity contribution in [2.24, 2.45) is 0 Å². The fraction of sp³-hybridized carbons (Fsp3) is 0.448. The zero-order chi connectivity index (χ0) is 96.4. The fourth-order valence-corrected chi connectivity index (χ4v) is 13.0. The summed E-state index contributed by atoms with van der Waals surface area (Å²) in [5, 5.41) is 153. The Balaban J connectivity index is 0.000000157. The van der Waals surface area contributed by atoms with Gasteiger partial charge >= 0.3 is 0 Å². The van der Waals surface area contributed by atoms with Crippen LogP contribution in [0.5, 0.6) is 0 Å². The summed E-state index contributed by atoms with van der Waals surface area (Å²) >= 11 is 5.04. The summed E-state index contributed by atoms with van der Waals surface area (Å²) < 4.78 is 182. The van der Waals surface area contributed by atoms with E-state index < -0.39 is 226 Å². The van der Waals surface area contributed by atoms with E-state index in [2.05, 4.69) is 88.5 Å². The van der Waals surface area contributed by atoms with E-state index in [4.69, 9.17) is 78.3 Å². The summed E-state index contributed by atoms with van der Waals surface area (Å²) in [4.78, 5) is 79.9. The number of rotatable bonds is 10. The molecule has 15 heterocycles. The number of aliphatic hydroxyl groups excluding tert-OH is 5. The molecule has 0 radical (unpaired) electrons. The van der Waals surface area contributed by atoms with Crippen molar-refractivity contribution in [2.75, 3.05) is 94.8 Å². The average molecular weight is 1720 g/mol. The summed E-state index contributed by atoms with van der Waals surface area (Å²) in [5.74, 6) is 18.1. The summed E-state index contributed by atoms with van der Waals surface area (Å²) in [7, 11) is 0. The van der Waals surface area contributed by atoms with Crippen LogP contribution < -0.4 is 45.3 Å². The molecule has 640 valence electrons. The first-order valence-corrected chi connectivity index (χ1v) is 33.9. The predicted molar refractivity (Wildman–Crippen MR) is 397 cm³/mol. The van der Waals surface area contributed by atoms with E-state index in [9.17, 15) is 117 Å². The molecule has 10 aromatic heterocycles. The van der Waals surface area contributed by atoms with Crippen LogP contribution in [0.4, 0.5) is 56.1 Å². The Morgan fingerprint density at radius 2 is 0.808 bits per heavy atom. The molecule has 20 atom stereocenters. The number of nitrogen functional groups attached to an aromatic ring is 5. The Hall–Kier alpha value is -11.9. The van der Waals surface area contributed by atoms with Gasteiger partial charge in [0.05, 0.1) is 77.1 Å². The Morgan fingerprint density at radius 3 is 1.25 bits per heavy atom. The first kappa shape index (κ1) is 75.6. The highest BCUT2D eigenvalue weighted by Crippen LogP contribution is 2.45. The maximum Gasteiger partial charge on any atom is 0.280 e. The standard InChI is InChI=1S/C14H14F2N4O5.C14H15FN4O5.C13H14FN5O5.C13H14FN5O4S.C13H14FN5O4/c15-3-1-2-14(24)9(22)7(5-21)25-12(14)20-4-6(16)8-10(20)18-13(17)19-11(8)23;15-4-1-3-14(23)9(21)8(6-20)24-12(14)19-5-2-7-10(19)17-13(16)18-11(7)22;14-3-1-2-13(23)8(21)6(4-20)24-11(13)19-5-16-7-9(19)17-12(15)18-10(7)22;14-3-1-2-13(22)8(21)6(4-20)23-11(13)19-5-16-7-9(19)17-12(15)18-10(7)24;14-3-1-2-13(22)9(21)8(5-20)23-11(13)19-6-17-7-4-16-12(15)18-10(7)19/h4,7,9,12,21-22,24H,3,5H2,(H3,17,18,19,23);2,5,8-9,12,20-21,23H,4,6H2,(H3,16,17,18,22);5-6,8,11,20-21,23H,3-4H2,(H3,15,17,18,22);5-6,8,11,20-22H,3-4H2,(H3,15,17,18,24);4,6,8-9,11,20-22H,3,5H2,(H2,15,16,18)/t7-,9+,12-,14?;8-,9+,12-,14?;2*6-,8+,11-,13?;8-,9+,11-,13?/m11111/s1/i5D2;6D2;2*4D2;5D2. The molecule has 0 saturated carbocycles. The van der Waals surface area contributed by atoms with Crippen LogP contribution >= 0.6 is 12.2 Å². The smallest absolute Gasteiger partial charge is 0.280 e. The van der Waals surface area contributed by atoms with Gasteiger partial charge in [-0.1, -0.05) is 71.4 Å². The van der Waals surface area contributed by atoms with Crippen molar-refractivity contribution in [3.8, 4) is 59.2 Å². The van der Waals surface area contributed by atoms with Crippen LogP contribution in [0.15, 0.2) is 58.0 Å². The Kier molecular flexibility index (Phi) is 22.6. The Bertz CT molecular complexity index is 6190. The summed E-state index contributed by atoms with van der Waals surface area (Å²) in [5.41, 5.74) is 12.8. The highest BCUT2D eigenvalue weighted by molar-refractivity contribution is 7.71. The summed E-state index contributed by atoms with van der Waals surface area (Å²) in [6.45, 7) is -21.0. The van der Waals surface area contributed by atoms with Crippen molar-refractivity contribution in [3.05, 3.63) is 85.2 Å². The second kappa shape index (κ2) is 36.0. The van der Waals surface area contributed by atoms with Gasteiger partial charge in [-0.05, 0) is 6.07 Å². The van der Waals surface area contributed by atoms with Gasteiger partial charge in [0.2, 0.25) is 23.8 Å². The van der Waals surface area contributed by atoms with E-state index in [1.54, 1.807) is 0 Å². The molecule has 0 bridgehead atoms. The molecule has 5 saturated heterocycles. The molecule has 0 aliphatic carbocycles. The van der Waals surface area contributed by atoms with Gasteiger partial charge in [0.15, 0.2) is 104 Å². The SMILES string of the molecule is [2H]C([2H])(O)[C@H]1O[C@@H](n2cc(F)c3c(=O)[nH]c(N)nc32)C(O)(C#CCF)[C@H]1O.[2H]C([2H])(O)[C@H]1O[C@@H](n2ccc3c(=O)[nH]c(N)nc32)C(O)(C#CCF)[C@H]1O.[2H]C([2H])(O)[C@H]1O[C@@H](n2cnc3c(=O)[nH]c(N)nc32)C(O)(C#CCF)[C@H]1O.[2H]C([2H])(O)[C@H]1O[C@@H](n2cnc3c(=S)nc(N)[nH]c32)C(O)(C#CCF)[C@H]1O.[2H]C([2H])(O)[C@H]1O[C@@H](n2cnc3cnc(N)nc32)C(O)(C#CCF)[C@H]1O. The number of aromatic nitrogens is 18. The van der Waals surface area contributed by atoms with E-state index in [-0.39, 0.29) is 73.0 Å². The number of H-pyrrole nitrogens is 4. The molecule has 5 fully saturated rings. The van der Waals surface area contributed by atoms with Crippen LogP contribution in [-0.4, -0.2) is 319 Å². The van der Waals surface area contributed by atoms with Crippen molar-refractivity contribution >= 4 is 97.5 Å². The van der Waals surface area contributed by atoms with Gasteiger partial charge in [0.1, 0.15) is 116 Å². The first-order chi connectivity index (χ1) is 60.5. The van der Waals surface area contributed by atoms with Crippen LogP contribution in [-0.2, 0) is 23.7 Å². The second-order valence-electron chi connectivity index (χ2n) is 25.3. The minimum absolute atomic E-state index is 0.0388. The molecule has 0 aromatic carbocycles. The van der Waals surface area contributed by atoms with Crippen LogP contribution in [0, 0.1) is 69.7 Å². The number of alkyl halides is 5. The molecular formula is C67H71F6N23O23S. The maximum absolute atomic E-state index is 14.2. The molecule has 29 N–H and O–H groups in total. The largest absolute Gasteiger partial charge is 0.394 e. The van der Waals surface area contributed by atoms with Crippen LogP contribution in [0.25, 0.3) is 55.6 Å². The van der Waals surface area contributed by atoms with Crippen molar-refractivity contribution in [3.63, 3.8) is 0 Å². The maximum atomic E-state index is 14.2. The lowest BCUT2D eigenvalue weighted by molar-refractivity contribution is -0.0722. The van der Waals surface area contributed by atoms with Crippen molar-refractivity contribution < 1.29 is 140 Å². The normalized spacial score (nSPS) is 31.4. The molecule has 0 amide bonds. The van der Waals surface area contributed by atoms with Crippen LogP contribution in [0.2, 0.25) is 0 Å². The first-order valence-electron chi connectivity index (χ1n) is 38.5. The molecule has 15 rings (SSSR count). The number of nitrogens with two attached hydrogens (primary N) is 5. The lowest BCUT2D eigenvalue weighted by Gasteiger charge is -2.26. The van der Waals surface area contributed by atoms with Gasteiger partial charge in [0.25, 0.3) is 16.7 Å². The highest BCUT2D eigenvalue weighted by atomic mass is 32.1. The quantitative estimate of drug-likeness (QED) is 0.0343. The Labute approximate surface area is 683 Å². The molecule has 0 spiro atoms. The topological polar surface area (TPSA) is 735 Å². The lowest BCUT2D eigenvalue weighted by Crippen LogP contribution is -2.46. The van der Waals surface area contributed by atoms with E-state index in [1.165, 1.54) is 31.1 Å². The summed E-state index contributed by atoms with van der Waals surface area (Å²) in [6, 6.07) is 1.33. The molecule has 5 aliphatic heterocycles. The summed E-state index contributed by atoms with van der Waals surface area (Å²) in [6.07, 6.45) is -21.3. The molecule has 5 unspecified atom stereocenters. The predicted octanol–water partition coefficient (Wildman–Crippen LogP) is -8.29. The lowest BCUT2D eigenvalue weighted by atomic mass is 9.94. The third-order valence-electron chi connectivity index (χ3n) is 18.1. The van der Waals surface area contributed by atoms with Gasteiger partial charge in [0, 0.05) is 12.4 Å². The van der Waals surface area contributed by atoms with Gasteiger partial charge in [-0.2, -0.15) is 19.9 Å². The van der Waals surface area contributed by atoms with Gasteiger partial charge in [-0.15, -0.1) is 0 Å². The third kappa shape index (κ3) is 16.3. The number of nitrogens with one attached hydrogen (secondary N) is 4. The van der Waals surface area contributed by atoms with E-state index in [0.29, 0.717) is 6.20 Å². The minimum Gasteiger partial charge on any atom is -0.394 e. The monoisotopic (exact) mass is 1720 g/mol. The molecule has 5 aliphatic rings. The van der Waals surface area contributed by atoms with Gasteiger partial charge in [-0.25, -0.2) is 51.3 Å². The number of anilines is 5. The fourth-order valence-electron chi connectivity index (χ4n) is 12.7. The number of aromatic amines is 4. The van der Waals surface area contributed by atoms with Crippen molar-refractivity contribution in [1.29, 1.82) is 0 Å². The van der Waals surface area contributed by atoms with Crippen molar-refractivity contribution in [2.45, 2.75) is 120 Å². The molecule has 46 nitrogen and oxygen atoms in total. The van der Waals surface area contributed by atoms with Gasteiger partial charge < -0.3 is 139 Å². The van der Waals surface area contributed by atoms with E-state index >= 15 is 0 Å². The van der Waals surface area contributed by atoms with Crippen LogP contribution in [0.3, 0.4) is 0 Å². The Morgan fingerprint density at radius 1 is 0.450 bits per heavy atom. The zero-order valence-corrected chi connectivity index (χ0v) is 60.9. The van der Waals surface area contributed by atoms with E-state index in [0.717, 1.165) is 29.2 Å². The molecule has 120 heavy (non-hydrogen) atoms. The number of aliphatic hydroxyl groups is 15. The third-order valence-corrected chi connectivity index (χ3v) is 18.4. The number of halogens is 6. The number of hydrogen-bond donors (Lipinski definition) is 24. The van der Waals surface area contributed by atoms with Crippen LogP contribution in [0.1, 0.15) is 44.8 Å². The number of fused-ring (bicyclic) bond motifs is 5. The average Bonchev–Trinajstić information content (AvgIpc) is 1.59. The number of ether oxygens (including phenoxy) is 5.